The Morgan fingerprint density at radius 2 is 1.57 bits per heavy atom. The highest BCUT2D eigenvalue weighted by Gasteiger charge is 2.18. The molecule has 0 aliphatic carbocycles. The second-order valence-electron chi connectivity index (χ2n) is 5.40. The Kier molecular flexibility index (Phi) is 2.64. The first kappa shape index (κ1) is 12.9. The molecule has 0 atom stereocenters. The summed E-state index contributed by atoms with van der Waals surface area (Å²) in [6.07, 6.45) is 0. The highest BCUT2D eigenvalue weighted by molar-refractivity contribution is 9.10. The van der Waals surface area contributed by atoms with Gasteiger partial charge in [-0.2, -0.15) is 0 Å². The molecule has 0 saturated carbocycles. The Morgan fingerprint density at radius 1 is 0.783 bits per heavy atom. The van der Waals surface area contributed by atoms with Crippen molar-refractivity contribution < 1.29 is 8.83 Å². The summed E-state index contributed by atoms with van der Waals surface area (Å²) in [6, 6.07) is 19.9. The number of benzene rings is 3. The Hall–Kier alpha value is -2.59. The maximum absolute atomic E-state index is 6.03. The van der Waals surface area contributed by atoms with Crippen LogP contribution in [0.4, 0.5) is 0 Å². The van der Waals surface area contributed by atoms with Gasteiger partial charge < -0.3 is 8.83 Å². The summed E-state index contributed by atoms with van der Waals surface area (Å²) in [6.45, 7) is 0. The molecule has 0 saturated heterocycles. The molecule has 2 aromatic heterocycles. The van der Waals surface area contributed by atoms with E-state index < -0.39 is 0 Å². The Bertz CT molecular complexity index is 1170. The van der Waals surface area contributed by atoms with E-state index in [2.05, 4.69) is 27.0 Å². The lowest BCUT2D eigenvalue weighted by Gasteiger charge is -1.93. The number of oxazole rings is 1. The molecule has 110 valence electrons. The van der Waals surface area contributed by atoms with Gasteiger partial charge in [0.2, 0.25) is 5.89 Å². The number of hydrogen-bond acceptors (Lipinski definition) is 3. The number of halogens is 1. The van der Waals surface area contributed by atoms with Crippen molar-refractivity contribution in [3.05, 3.63) is 65.1 Å². The molecule has 3 nitrogen and oxygen atoms in total. The number of para-hydroxylation sites is 1. The molecule has 0 radical (unpaired) electrons. The molecule has 0 aliphatic rings. The van der Waals surface area contributed by atoms with Gasteiger partial charge in [0, 0.05) is 16.3 Å². The van der Waals surface area contributed by atoms with E-state index in [-0.39, 0.29) is 0 Å². The predicted molar refractivity (Wildman–Crippen MR) is 94.4 cm³/mol. The second-order valence-corrected chi connectivity index (χ2v) is 6.25. The third kappa shape index (κ3) is 1.85. The topological polar surface area (TPSA) is 39.2 Å². The Balaban J connectivity index is 1.91. The minimum atomic E-state index is 0.592. The highest BCUT2D eigenvalue weighted by Crippen LogP contribution is 2.39. The lowest BCUT2D eigenvalue weighted by atomic mass is 10.1. The van der Waals surface area contributed by atoms with E-state index in [1.807, 2.05) is 54.6 Å². The predicted octanol–water partition coefficient (Wildman–Crippen LogP) is 6.16. The van der Waals surface area contributed by atoms with Gasteiger partial charge in [0.1, 0.15) is 5.58 Å². The molecule has 5 aromatic rings. The molecule has 0 spiro atoms. The first-order valence-electron chi connectivity index (χ1n) is 7.27. The molecule has 0 amide bonds. The van der Waals surface area contributed by atoms with E-state index in [0.29, 0.717) is 11.5 Å². The van der Waals surface area contributed by atoms with Crippen LogP contribution in [-0.2, 0) is 0 Å². The van der Waals surface area contributed by atoms with Crippen molar-refractivity contribution in [2.45, 2.75) is 0 Å². The van der Waals surface area contributed by atoms with Crippen molar-refractivity contribution in [2.75, 3.05) is 0 Å². The third-order valence-corrected chi connectivity index (χ3v) is 4.57. The van der Waals surface area contributed by atoms with Gasteiger partial charge in [-0.3, -0.25) is 0 Å². The maximum atomic E-state index is 6.03. The number of rotatable bonds is 1. The Labute approximate surface area is 139 Å². The van der Waals surface area contributed by atoms with Crippen LogP contribution in [0.25, 0.3) is 44.5 Å². The van der Waals surface area contributed by atoms with Crippen molar-refractivity contribution >= 4 is 49.0 Å². The molecule has 2 heterocycles. The molecule has 3 aromatic carbocycles. The molecule has 5 rings (SSSR count). The SMILES string of the molecule is Brc1cc2c3ccccc3oc2c2nc(-c3ccccc3)oc12. The molecule has 0 N–H and O–H groups in total. The standard InChI is InChI=1S/C19H10BrNO2/c20-14-10-13-12-8-4-5-9-15(12)22-17(13)16-18(14)23-19(21-16)11-6-2-1-3-7-11/h1-10H. The average molecular weight is 364 g/mol. The van der Waals surface area contributed by atoms with Gasteiger partial charge in [0.15, 0.2) is 16.7 Å². The average Bonchev–Trinajstić information content (AvgIpc) is 3.18. The quantitative estimate of drug-likeness (QED) is 0.358. The normalized spacial score (nSPS) is 11.7. The van der Waals surface area contributed by atoms with E-state index in [1.165, 1.54) is 0 Å². The molecule has 4 heteroatoms. The number of fused-ring (bicyclic) bond motifs is 5. The van der Waals surface area contributed by atoms with E-state index >= 15 is 0 Å². The van der Waals surface area contributed by atoms with Crippen LogP contribution in [0, 0.1) is 0 Å². The van der Waals surface area contributed by atoms with Crippen molar-refractivity contribution in [1.29, 1.82) is 0 Å². The van der Waals surface area contributed by atoms with E-state index in [1.54, 1.807) is 0 Å². The summed E-state index contributed by atoms with van der Waals surface area (Å²) in [7, 11) is 0. The number of furan rings is 1. The minimum Gasteiger partial charge on any atom is -0.454 e. The molecule has 23 heavy (non-hydrogen) atoms. The summed E-state index contributed by atoms with van der Waals surface area (Å²) in [5.74, 6) is 0.592. The smallest absolute Gasteiger partial charge is 0.227 e. The molecule has 0 unspecified atom stereocenters. The van der Waals surface area contributed by atoms with Gasteiger partial charge in [0.25, 0.3) is 0 Å². The van der Waals surface area contributed by atoms with Gasteiger partial charge in [-0.15, -0.1) is 0 Å². The largest absolute Gasteiger partial charge is 0.454 e. The van der Waals surface area contributed by atoms with Crippen LogP contribution in [0.1, 0.15) is 0 Å². The number of aromatic nitrogens is 1. The zero-order valence-corrected chi connectivity index (χ0v) is 13.5. The first-order chi connectivity index (χ1) is 11.3. The van der Waals surface area contributed by atoms with E-state index in [4.69, 9.17) is 8.83 Å². The summed E-state index contributed by atoms with van der Waals surface area (Å²) >= 11 is 3.60. The lowest BCUT2D eigenvalue weighted by molar-refractivity contribution is 0.618. The zero-order valence-electron chi connectivity index (χ0n) is 11.9. The van der Waals surface area contributed by atoms with Crippen LogP contribution in [0.5, 0.6) is 0 Å². The van der Waals surface area contributed by atoms with Crippen molar-refractivity contribution in [3.8, 4) is 11.5 Å². The van der Waals surface area contributed by atoms with Crippen LogP contribution in [0.3, 0.4) is 0 Å². The molecular weight excluding hydrogens is 354 g/mol. The monoisotopic (exact) mass is 363 g/mol. The van der Waals surface area contributed by atoms with Crippen molar-refractivity contribution in [3.63, 3.8) is 0 Å². The fourth-order valence-electron chi connectivity index (χ4n) is 2.92. The zero-order chi connectivity index (χ0) is 15.4. The van der Waals surface area contributed by atoms with Crippen LogP contribution < -0.4 is 0 Å². The summed E-state index contributed by atoms with van der Waals surface area (Å²) in [4.78, 5) is 4.68. The Morgan fingerprint density at radius 3 is 2.43 bits per heavy atom. The summed E-state index contributed by atoms with van der Waals surface area (Å²) in [5.41, 5.74) is 4.00. The van der Waals surface area contributed by atoms with E-state index in [0.717, 1.165) is 37.5 Å². The van der Waals surface area contributed by atoms with Crippen LogP contribution in [0.2, 0.25) is 0 Å². The van der Waals surface area contributed by atoms with Crippen LogP contribution in [-0.4, -0.2) is 4.98 Å². The molecular formula is C19H10BrNO2. The highest BCUT2D eigenvalue weighted by atomic mass is 79.9. The molecule has 0 fully saturated rings. The van der Waals surface area contributed by atoms with E-state index in [9.17, 15) is 0 Å². The van der Waals surface area contributed by atoms with Gasteiger partial charge in [0.05, 0.1) is 4.47 Å². The van der Waals surface area contributed by atoms with Crippen molar-refractivity contribution in [1.82, 2.24) is 4.98 Å². The van der Waals surface area contributed by atoms with Gasteiger partial charge in [-0.1, -0.05) is 36.4 Å². The van der Waals surface area contributed by atoms with Crippen LogP contribution >= 0.6 is 15.9 Å². The maximum Gasteiger partial charge on any atom is 0.227 e. The molecule has 0 bridgehead atoms. The fourth-order valence-corrected chi connectivity index (χ4v) is 3.41. The lowest BCUT2D eigenvalue weighted by Crippen LogP contribution is -1.75. The van der Waals surface area contributed by atoms with Gasteiger partial charge in [-0.05, 0) is 40.2 Å². The van der Waals surface area contributed by atoms with Gasteiger partial charge >= 0.3 is 0 Å². The first-order valence-corrected chi connectivity index (χ1v) is 8.06. The number of hydrogen-bond donors (Lipinski definition) is 0. The summed E-state index contributed by atoms with van der Waals surface area (Å²) in [5, 5.41) is 2.11. The third-order valence-electron chi connectivity index (χ3n) is 3.98. The number of nitrogens with zero attached hydrogens (tertiary/aromatic N) is 1. The van der Waals surface area contributed by atoms with Crippen LogP contribution in [0.15, 0.2) is 74.0 Å². The second kappa shape index (κ2) is 4.70. The minimum absolute atomic E-state index is 0.592. The fraction of sp³-hybridized carbons (Fsp3) is 0. The van der Waals surface area contributed by atoms with Gasteiger partial charge in [-0.25, -0.2) is 4.98 Å². The molecule has 0 aliphatic heterocycles. The summed E-state index contributed by atoms with van der Waals surface area (Å²) < 4.78 is 12.9. The van der Waals surface area contributed by atoms with Crippen molar-refractivity contribution in [2.24, 2.45) is 0 Å².